The number of carbonyl (C=O) groups is 2. The lowest BCUT2D eigenvalue weighted by molar-refractivity contribution is -0.128. The molecule has 1 unspecified atom stereocenters. The molecule has 0 aliphatic heterocycles. The van der Waals surface area contributed by atoms with E-state index < -0.39 is 5.91 Å². The van der Waals surface area contributed by atoms with Crippen LogP contribution in [-0.4, -0.2) is 35.1 Å². The number of amides is 2. The molecule has 0 aliphatic carbocycles. The molecule has 0 bridgehead atoms. The number of halogens is 1. The van der Waals surface area contributed by atoms with E-state index in [2.05, 4.69) is 21.2 Å². The predicted octanol–water partition coefficient (Wildman–Crippen LogP) is 3.60. The van der Waals surface area contributed by atoms with Gasteiger partial charge in [-0.3, -0.25) is 14.8 Å². The van der Waals surface area contributed by atoms with Crippen LogP contribution in [-0.2, 0) is 4.79 Å². The van der Waals surface area contributed by atoms with Gasteiger partial charge in [0, 0.05) is 16.3 Å². The number of hydrogen-bond donors (Lipinski definition) is 3. The van der Waals surface area contributed by atoms with E-state index in [4.69, 9.17) is 5.21 Å². The maximum Gasteiger partial charge on any atom is 0.261 e. The molecule has 9 heteroatoms. The molecule has 124 valence electrons. The lowest BCUT2D eigenvalue weighted by atomic mass is 10.3. The maximum absolute atomic E-state index is 12.1. The Morgan fingerprint density at radius 2 is 1.96 bits per heavy atom. The standard InChI is InChI=1S/C14H15BrN2O3S3/c1-21-10(14(19)17-20)6-7-16-13(18)11-3-2-8(22-11)9-4-5-12(15)23-9/h2-5,10,20H,6-7H2,1H3,(H,16,18)(H,17,19). The zero-order chi connectivity index (χ0) is 16.8. The normalized spacial score (nSPS) is 12.0. The Bertz CT molecular complexity index is 686. The van der Waals surface area contributed by atoms with Gasteiger partial charge in [0.1, 0.15) is 0 Å². The Morgan fingerprint density at radius 3 is 2.57 bits per heavy atom. The molecule has 0 spiro atoms. The molecular formula is C14H15BrN2O3S3. The van der Waals surface area contributed by atoms with Crippen LogP contribution in [0.25, 0.3) is 9.75 Å². The third kappa shape index (κ3) is 5.05. The molecule has 2 heterocycles. The van der Waals surface area contributed by atoms with Crippen molar-refractivity contribution in [1.82, 2.24) is 10.8 Å². The minimum atomic E-state index is -0.451. The van der Waals surface area contributed by atoms with E-state index in [1.807, 2.05) is 18.2 Å². The van der Waals surface area contributed by atoms with Gasteiger partial charge in [0.2, 0.25) is 0 Å². The summed E-state index contributed by atoms with van der Waals surface area (Å²) in [7, 11) is 0. The van der Waals surface area contributed by atoms with Crippen molar-refractivity contribution < 1.29 is 14.8 Å². The van der Waals surface area contributed by atoms with Crippen LogP contribution in [0.15, 0.2) is 28.1 Å². The van der Waals surface area contributed by atoms with Crippen molar-refractivity contribution >= 4 is 62.2 Å². The molecule has 0 radical (unpaired) electrons. The number of thioether (sulfide) groups is 1. The molecule has 2 aromatic rings. The van der Waals surface area contributed by atoms with E-state index in [1.54, 1.807) is 29.1 Å². The van der Waals surface area contributed by atoms with Gasteiger partial charge in [-0.05, 0) is 52.9 Å². The third-order valence-corrected chi connectivity index (χ3v) is 6.95. The maximum atomic E-state index is 12.1. The summed E-state index contributed by atoms with van der Waals surface area (Å²) in [6.45, 7) is 0.371. The van der Waals surface area contributed by atoms with Gasteiger partial charge in [-0.2, -0.15) is 11.8 Å². The molecule has 0 aliphatic rings. The quantitative estimate of drug-likeness (QED) is 0.459. The highest BCUT2D eigenvalue weighted by atomic mass is 79.9. The molecule has 0 aromatic carbocycles. The van der Waals surface area contributed by atoms with Crippen molar-refractivity contribution in [2.75, 3.05) is 12.8 Å². The first-order chi connectivity index (χ1) is 11.0. The highest BCUT2D eigenvalue weighted by molar-refractivity contribution is 9.11. The second-order valence-electron chi connectivity index (χ2n) is 4.51. The summed E-state index contributed by atoms with van der Waals surface area (Å²) in [4.78, 5) is 26.3. The van der Waals surface area contributed by atoms with Gasteiger partial charge in [0.25, 0.3) is 11.8 Å². The van der Waals surface area contributed by atoms with Gasteiger partial charge in [-0.15, -0.1) is 22.7 Å². The van der Waals surface area contributed by atoms with Crippen molar-refractivity contribution in [3.05, 3.63) is 32.9 Å². The Hall–Kier alpha value is -0.870. The Labute approximate surface area is 154 Å². The number of hydroxylamine groups is 1. The highest BCUT2D eigenvalue weighted by Gasteiger charge is 2.17. The van der Waals surface area contributed by atoms with Gasteiger partial charge in [-0.25, -0.2) is 5.48 Å². The summed E-state index contributed by atoms with van der Waals surface area (Å²) in [5.41, 5.74) is 1.64. The SMILES string of the molecule is CSC(CCNC(=O)c1ccc(-c2ccc(Br)s2)s1)C(=O)NO. The average molecular weight is 435 g/mol. The number of nitrogens with one attached hydrogen (secondary N) is 2. The average Bonchev–Trinajstić information content (AvgIpc) is 3.19. The van der Waals surface area contributed by atoms with Crippen LogP contribution in [0.1, 0.15) is 16.1 Å². The van der Waals surface area contributed by atoms with Crippen LogP contribution in [0.5, 0.6) is 0 Å². The van der Waals surface area contributed by atoms with Gasteiger partial charge in [0.15, 0.2) is 0 Å². The second kappa shape index (κ2) is 8.84. The molecule has 0 saturated heterocycles. The van der Waals surface area contributed by atoms with Gasteiger partial charge in [-0.1, -0.05) is 0 Å². The fourth-order valence-electron chi connectivity index (χ4n) is 1.87. The molecular weight excluding hydrogens is 420 g/mol. The molecule has 1 atom stereocenters. The van der Waals surface area contributed by atoms with Crippen molar-refractivity contribution in [1.29, 1.82) is 0 Å². The Morgan fingerprint density at radius 1 is 1.26 bits per heavy atom. The first-order valence-electron chi connectivity index (χ1n) is 6.65. The van der Waals surface area contributed by atoms with Crippen molar-refractivity contribution in [2.24, 2.45) is 0 Å². The van der Waals surface area contributed by atoms with Crippen LogP contribution in [0.2, 0.25) is 0 Å². The van der Waals surface area contributed by atoms with E-state index >= 15 is 0 Å². The molecule has 3 N–H and O–H groups in total. The number of thiophene rings is 2. The first kappa shape index (κ1) is 18.5. The molecule has 0 saturated carbocycles. The summed E-state index contributed by atoms with van der Waals surface area (Å²) >= 11 is 7.82. The van der Waals surface area contributed by atoms with E-state index in [-0.39, 0.29) is 11.2 Å². The van der Waals surface area contributed by atoms with Crippen LogP contribution in [0, 0.1) is 0 Å². The summed E-state index contributed by atoms with van der Waals surface area (Å²) in [6, 6.07) is 7.73. The monoisotopic (exact) mass is 434 g/mol. The van der Waals surface area contributed by atoms with Crippen LogP contribution in [0.3, 0.4) is 0 Å². The predicted molar refractivity (Wildman–Crippen MR) is 99.5 cm³/mol. The zero-order valence-corrected chi connectivity index (χ0v) is 16.2. The number of hydrogen-bond acceptors (Lipinski definition) is 6. The summed E-state index contributed by atoms with van der Waals surface area (Å²) in [5, 5.41) is 11.1. The van der Waals surface area contributed by atoms with E-state index in [1.165, 1.54) is 23.1 Å². The van der Waals surface area contributed by atoms with Crippen molar-refractivity contribution in [3.8, 4) is 9.75 Å². The smallest absolute Gasteiger partial charge is 0.261 e. The fraction of sp³-hybridized carbons (Fsp3) is 0.286. The summed E-state index contributed by atoms with van der Waals surface area (Å²) in [5.74, 6) is -0.602. The molecule has 2 aromatic heterocycles. The topological polar surface area (TPSA) is 78.4 Å². The summed E-state index contributed by atoms with van der Waals surface area (Å²) < 4.78 is 1.05. The summed E-state index contributed by atoms with van der Waals surface area (Å²) in [6.07, 6.45) is 2.24. The second-order valence-corrected chi connectivity index (χ2v) is 9.10. The first-order valence-corrected chi connectivity index (χ1v) is 10.4. The fourth-order valence-corrected chi connectivity index (χ4v) is 4.89. The van der Waals surface area contributed by atoms with E-state index in [0.717, 1.165) is 13.5 Å². The zero-order valence-electron chi connectivity index (χ0n) is 12.2. The highest BCUT2D eigenvalue weighted by Crippen LogP contribution is 2.35. The number of carbonyl (C=O) groups excluding carboxylic acids is 2. The minimum absolute atomic E-state index is 0.152. The molecule has 23 heavy (non-hydrogen) atoms. The lowest BCUT2D eigenvalue weighted by Crippen LogP contribution is -2.33. The van der Waals surface area contributed by atoms with Gasteiger partial charge in [0.05, 0.1) is 13.9 Å². The van der Waals surface area contributed by atoms with Gasteiger partial charge < -0.3 is 5.32 Å². The Kier molecular flexibility index (Phi) is 7.09. The van der Waals surface area contributed by atoms with Crippen LogP contribution in [0.4, 0.5) is 0 Å². The third-order valence-electron chi connectivity index (χ3n) is 3.03. The molecule has 2 amide bonds. The van der Waals surface area contributed by atoms with Crippen molar-refractivity contribution in [2.45, 2.75) is 11.7 Å². The van der Waals surface area contributed by atoms with E-state index in [9.17, 15) is 9.59 Å². The largest absolute Gasteiger partial charge is 0.351 e. The Balaban J connectivity index is 1.89. The van der Waals surface area contributed by atoms with E-state index in [0.29, 0.717) is 17.8 Å². The van der Waals surface area contributed by atoms with Crippen molar-refractivity contribution in [3.63, 3.8) is 0 Å². The van der Waals surface area contributed by atoms with Crippen LogP contribution < -0.4 is 10.8 Å². The number of rotatable bonds is 7. The molecule has 0 fully saturated rings. The minimum Gasteiger partial charge on any atom is -0.351 e. The van der Waals surface area contributed by atoms with Gasteiger partial charge >= 0.3 is 0 Å². The van der Waals surface area contributed by atoms with Crippen LogP contribution >= 0.6 is 50.4 Å². The lowest BCUT2D eigenvalue weighted by Gasteiger charge is -2.12. The molecule has 5 nitrogen and oxygen atoms in total. The molecule has 2 rings (SSSR count).